The molecule has 1 aromatic rings. The van der Waals surface area contributed by atoms with E-state index in [2.05, 4.69) is 15.6 Å². The minimum Gasteiger partial charge on any atom is -0.376 e. The molecule has 1 saturated carbocycles. The lowest BCUT2D eigenvalue weighted by Gasteiger charge is -2.36. The van der Waals surface area contributed by atoms with Gasteiger partial charge in [-0.1, -0.05) is 12.1 Å². The van der Waals surface area contributed by atoms with Crippen molar-refractivity contribution in [3.05, 3.63) is 58.8 Å². The van der Waals surface area contributed by atoms with Crippen molar-refractivity contribution < 1.29 is 9.13 Å². The summed E-state index contributed by atoms with van der Waals surface area (Å²) in [6, 6.07) is 7.10. The zero-order valence-corrected chi connectivity index (χ0v) is 13.4. The van der Waals surface area contributed by atoms with Crippen molar-refractivity contribution in [2.45, 2.75) is 43.7 Å². The van der Waals surface area contributed by atoms with E-state index < -0.39 is 0 Å². The molecule has 3 heterocycles. The van der Waals surface area contributed by atoms with E-state index in [1.54, 1.807) is 12.1 Å². The molecule has 2 unspecified atom stereocenters. The minimum atomic E-state index is -0.257. The highest BCUT2D eigenvalue weighted by Crippen LogP contribution is 2.45. The summed E-state index contributed by atoms with van der Waals surface area (Å²) in [5.41, 5.74) is 3.97. The van der Waals surface area contributed by atoms with E-state index in [-0.39, 0.29) is 11.4 Å². The van der Waals surface area contributed by atoms with Gasteiger partial charge in [0.25, 0.3) is 0 Å². The maximum atomic E-state index is 14.1. The number of hydrogen-bond acceptors (Lipinski definition) is 4. The first-order valence-electron chi connectivity index (χ1n) is 8.68. The van der Waals surface area contributed by atoms with Gasteiger partial charge < -0.3 is 15.4 Å². The molecule has 4 nitrogen and oxygen atoms in total. The smallest absolute Gasteiger partial charge is 0.140 e. The Morgan fingerprint density at radius 1 is 1.25 bits per heavy atom. The lowest BCUT2D eigenvalue weighted by molar-refractivity contribution is -0.0145. The molecule has 2 atom stereocenters. The fourth-order valence-corrected chi connectivity index (χ4v) is 4.41. The molecule has 1 aromatic carbocycles. The largest absolute Gasteiger partial charge is 0.376 e. The van der Waals surface area contributed by atoms with Gasteiger partial charge in [-0.05, 0) is 43.4 Å². The van der Waals surface area contributed by atoms with Crippen LogP contribution < -0.4 is 10.6 Å². The van der Waals surface area contributed by atoms with Gasteiger partial charge in [0.2, 0.25) is 0 Å². The van der Waals surface area contributed by atoms with Gasteiger partial charge in [-0.3, -0.25) is 0 Å². The topological polar surface area (TPSA) is 45.7 Å². The minimum absolute atomic E-state index is 0.0182. The molecule has 5 heteroatoms. The van der Waals surface area contributed by atoms with Crippen LogP contribution >= 0.6 is 0 Å². The molecule has 0 amide bonds. The van der Waals surface area contributed by atoms with Crippen molar-refractivity contribution in [1.29, 1.82) is 0 Å². The molecule has 2 fully saturated rings. The first-order valence-corrected chi connectivity index (χ1v) is 8.68. The molecule has 1 spiro atoms. The number of nitrogens with one attached hydrogen (secondary N) is 2. The van der Waals surface area contributed by atoms with Crippen molar-refractivity contribution in [2.24, 2.45) is 4.99 Å². The SMILES string of the molecule is Fc1ccccc1C1=NC=C2NC3CCC4(CCCO4)CC3=C2N1. The average Bonchev–Trinajstić information content (AvgIpc) is 3.20. The van der Waals surface area contributed by atoms with E-state index in [0.29, 0.717) is 17.4 Å². The molecule has 124 valence electrons. The number of hydrogen-bond donors (Lipinski definition) is 2. The molecular weight excluding hydrogens is 305 g/mol. The molecule has 24 heavy (non-hydrogen) atoms. The highest BCUT2D eigenvalue weighted by atomic mass is 19.1. The lowest BCUT2D eigenvalue weighted by atomic mass is 9.77. The fourth-order valence-electron chi connectivity index (χ4n) is 4.41. The Hall–Kier alpha value is -2.14. The maximum absolute atomic E-state index is 14.1. The normalized spacial score (nSPS) is 31.1. The lowest BCUT2D eigenvalue weighted by Crippen LogP contribution is -2.39. The summed E-state index contributed by atoms with van der Waals surface area (Å²) in [6.07, 6.45) is 7.25. The molecule has 1 saturated heterocycles. The Morgan fingerprint density at radius 3 is 3.00 bits per heavy atom. The van der Waals surface area contributed by atoms with Crippen LogP contribution in [-0.2, 0) is 4.74 Å². The van der Waals surface area contributed by atoms with Gasteiger partial charge in [0.05, 0.1) is 34.8 Å². The number of fused-ring (bicyclic) bond motifs is 2. The predicted octanol–water partition coefficient (Wildman–Crippen LogP) is 2.98. The Labute approximate surface area is 140 Å². The average molecular weight is 325 g/mol. The third-order valence-electron chi connectivity index (χ3n) is 5.62. The first kappa shape index (κ1) is 14.2. The zero-order valence-electron chi connectivity index (χ0n) is 13.4. The summed E-state index contributed by atoms with van der Waals surface area (Å²) in [6.45, 7) is 0.874. The van der Waals surface area contributed by atoms with Crippen LogP contribution in [0, 0.1) is 5.82 Å². The van der Waals surface area contributed by atoms with Crippen LogP contribution in [-0.4, -0.2) is 24.1 Å². The summed E-state index contributed by atoms with van der Waals surface area (Å²) in [7, 11) is 0. The Morgan fingerprint density at radius 2 is 2.17 bits per heavy atom. The number of ether oxygens (including phenoxy) is 1. The van der Waals surface area contributed by atoms with E-state index in [9.17, 15) is 4.39 Å². The Bertz CT molecular complexity index is 790. The molecule has 4 aliphatic rings. The number of rotatable bonds is 1. The number of nitrogens with zero attached hydrogens (tertiary/aromatic N) is 1. The molecule has 5 rings (SSSR count). The standard InChI is InChI=1S/C19H20FN3O/c20-14-5-2-1-4-12(14)18-21-11-16-17(23-18)13-10-19(7-3-9-24-19)8-6-15(13)22-16/h1-2,4-5,11,15,22H,3,6-10H2,(H,21,23). The zero-order chi connectivity index (χ0) is 16.1. The van der Waals surface area contributed by atoms with E-state index in [1.165, 1.54) is 11.6 Å². The van der Waals surface area contributed by atoms with Crippen molar-refractivity contribution in [3.63, 3.8) is 0 Å². The van der Waals surface area contributed by atoms with Crippen LogP contribution in [0.5, 0.6) is 0 Å². The third kappa shape index (κ3) is 2.11. The van der Waals surface area contributed by atoms with Crippen LogP contribution in [0.15, 0.2) is 52.4 Å². The van der Waals surface area contributed by atoms with E-state index >= 15 is 0 Å². The monoisotopic (exact) mass is 325 g/mol. The van der Waals surface area contributed by atoms with Crippen molar-refractivity contribution >= 4 is 5.84 Å². The molecule has 0 aromatic heterocycles. The number of aliphatic imine (C=N–C) groups is 1. The highest BCUT2D eigenvalue weighted by Gasteiger charge is 2.45. The first-order chi connectivity index (χ1) is 11.7. The second-order valence-corrected chi connectivity index (χ2v) is 7.07. The van der Waals surface area contributed by atoms with Gasteiger partial charge in [-0.15, -0.1) is 0 Å². The molecule has 0 radical (unpaired) electrons. The fraction of sp³-hybridized carbons (Fsp3) is 0.421. The van der Waals surface area contributed by atoms with Crippen LogP contribution in [0.1, 0.15) is 37.7 Å². The van der Waals surface area contributed by atoms with E-state index in [1.807, 2.05) is 12.3 Å². The second kappa shape index (κ2) is 5.18. The van der Waals surface area contributed by atoms with Crippen molar-refractivity contribution in [3.8, 4) is 0 Å². The quantitative estimate of drug-likeness (QED) is 0.834. The van der Waals surface area contributed by atoms with Gasteiger partial charge in [-0.2, -0.15) is 0 Å². The summed E-state index contributed by atoms with van der Waals surface area (Å²) in [4.78, 5) is 4.43. The summed E-state index contributed by atoms with van der Waals surface area (Å²) >= 11 is 0. The molecular formula is C19H20FN3O. The molecule has 1 aliphatic carbocycles. The number of benzene rings is 1. The van der Waals surface area contributed by atoms with E-state index in [4.69, 9.17) is 4.74 Å². The van der Waals surface area contributed by atoms with Gasteiger partial charge in [-0.25, -0.2) is 9.38 Å². The molecule has 0 bridgehead atoms. The van der Waals surface area contributed by atoms with Crippen LogP contribution in [0.4, 0.5) is 4.39 Å². The maximum Gasteiger partial charge on any atom is 0.140 e. The van der Waals surface area contributed by atoms with Crippen LogP contribution in [0.25, 0.3) is 0 Å². The third-order valence-corrected chi connectivity index (χ3v) is 5.62. The van der Waals surface area contributed by atoms with E-state index in [0.717, 1.165) is 50.1 Å². The molecule has 3 aliphatic heterocycles. The second-order valence-electron chi connectivity index (χ2n) is 7.07. The Kier molecular flexibility index (Phi) is 3.07. The molecule has 2 N–H and O–H groups in total. The number of halogens is 1. The van der Waals surface area contributed by atoms with Gasteiger partial charge in [0.15, 0.2) is 0 Å². The Balaban J connectivity index is 1.50. The van der Waals surface area contributed by atoms with Gasteiger partial charge >= 0.3 is 0 Å². The predicted molar refractivity (Wildman–Crippen MR) is 89.9 cm³/mol. The van der Waals surface area contributed by atoms with Gasteiger partial charge in [0, 0.05) is 13.0 Å². The number of amidine groups is 1. The van der Waals surface area contributed by atoms with Crippen LogP contribution in [0.3, 0.4) is 0 Å². The summed E-state index contributed by atoms with van der Waals surface area (Å²) in [5, 5.41) is 6.94. The van der Waals surface area contributed by atoms with Gasteiger partial charge in [0.1, 0.15) is 11.7 Å². The van der Waals surface area contributed by atoms with Crippen molar-refractivity contribution in [1.82, 2.24) is 10.6 Å². The van der Waals surface area contributed by atoms with Crippen LogP contribution in [0.2, 0.25) is 0 Å². The van der Waals surface area contributed by atoms with Crippen molar-refractivity contribution in [2.75, 3.05) is 6.61 Å². The highest BCUT2D eigenvalue weighted by molar-refractivity contribution is 6.01. The summed E-state index contributed by atoms with van der Waals surface area (Å²) in [5.74, 6) is 0.321. The summed E-state index contributed by atoms with van der Waals surface area (Å²) < 4.78 is 20.2.